The van der Waals surface area contributed by atoms with Crippen LogP contribution in [0.2, 0.25) is 5.15 Å². The lowest BCUT2D eigenvalue weighted by Crippen LogP contribution is -1.89. The molecule has 2 aromatic rings. The summed E-state index contributed by atoms with van der Waals surface area (Å²) in [4.78, 5) is 3.92. The molecule has 13 heavy (non-hydrogen) atoms. The van der Waals surface area contributed by atoms with Crippen LogP contribution < -0.4 is 0 Å². The fourth-order valence-corrected chi connectivity index (χ4v) is 1.57. The maximum Gasteiger partial charge on any atom is 0.138 e. The molecule has 3 nitrogen and oxygen atoms in total. The molecular weight excluding hydrogens is 186 g/mol. The van der Waals surface area contributed by atoms with Crippen molar-refractivity contribution in [3.8, 4) is 6.07 Å². The van der Waals surface area contributed by atoms with Crippen LogP contribution >= 0.6 is 11.6 Å². The van der Waals surface area contributed by atoms with Gasteiger partial charge in [0.1, 0.15) is 11.2 Å². The van der Waals surface area contributed by atoms with Gasteiger partial charge in [-0.1, -0.05) is 11.6 Å². The lowest BCUT2D eigenvalue weighted by molar-refractivity contribution is 0.966. The zero-order valence-electron chi connectivity index (χ0n) is 6.95. The van der Waals surface area contributed by atoms with Gasteiger partial charge in [0.05, 0.1) is 11.1 Å². The molecule has 0 saturated carbocycles. The van der Waals surface area contributed by atoms with Crippen LogP contribution in [0.1, 0.15) is 5.56 Å². The highest BCUT2D eigenvalue weighted by molar-refractivity contribution is 6.34. The standard InChI is InChI=1S/C9H6ClN3/c1-13-3-2-7-8(13)6(4-11)5-12-9(7)10/h2-3,5H,1H3. The van der Waals surface area contributed by atoms with Gasteiger partial charge >= 0.3 is 0 Å². The average molecular weight is 192 g/mol. The minimum atomic E-state index is 0.439. The van der Waals surface area contributed by atoms with E-state index >= 15 is 0 Å². The van der Waals surface area contributed by atoms with Crippen molar-refractivity contribution in [2.24, 2.45) is 7.05 Å². The van der Waals surface area contributed by atoms with E-state index < -0.39 is 0 Å². The molecule has 0 saturated heterocycles. The first-order valence-corrected chi connectivity index (χ1v) is 4.11. The van der Waals surface area contributed by atoms with Crippen molar-refractivity contribution in [1.82, 2.24) is 9.55 Å². The molecule has 0 radical (unpaired) electrons. The van der Waals surface area contributed by atoms with Gasteiger partial charge in [0.25, 0.3) is 0 Å². The topological polar surface area (TPSA) is 41.6 Å². The molecule has 0 spiro atoms. The Bertz CT molecular complexity index is 507. The minimum absolute atomic E-state index is 0.439. The lowest BCUT2D eigenvalue weighted by atomic mass is 10.2. The van der Waals surface area contributed by atoms with Gasteiger partial charge in [-0.05, 0) is 6.07 Å². The smallest absolute Gasteiger partial charge is 0.138 e. The van der Waals surface area contributed by atoms with Crippen molar-refractivity contribution >= 4 is 22.5 Å². The van der Waals surface area contributed by atoms with Crippen LogP contribution in [0.4, 0.5) is 0 Å². The zero-order valence-corrected chi connectivity index (χ0v) is 7.71. The maximum atomic E-state index is 8.82. The van der Waals surface area contributed by atoms with Crippen LogP contribution in [0.25, 0.3) is 10.9 Å². The highest BCUT2D eigenvalue weighted by Crippen LogP contribution is 2.24. The summed E-state index contributed by atoms with van der Waals surface area (Å²) in [5.41, 5.74) is 1.38. The molecule has 0 aliphatic heterocycles. The van der Waals surface area contributed by atoms with E-state index in [9.17, 15) is 0 Å². The average Bonchev–Trinajstić information content (AvgIpc) is 2.51. The van der Waals surface area contributed by atoms with Crippen molar-refractivity contribution in [3.05, 3.63) is 29.2 Å². The van der Waals surface area contributed by atoms with E-state index in [4.69, 9.17) is 16.9 Å². The number of pyridine rings is 1. The van der Waals surface area contributed by atoms with Crippen LogP contribution in [0.3, 0.4) is 0 Å². The quantitative estimate of drug-likeness (QED) is 0.599. The summed E-state index contributed by atoms with van der Waals surface area (Å²) in [6, 6.07) is 3.93. The van der Waals surface area contributed by atoms with Crippen LogP contribution in [0.15, 0.2) is 18.5 Å². The molecular formula is C9H6ClN3. The predicted octanol–water partition coefficient (Wildman–Crippen LogP) is 2.10. The Morgan fingerprint density at radius 1 is 1.62 bits per heavy atom. The first-order valence-electron chi connectivity index (χ1n) is 3.73. The number of halogens is 1. The molecule has 0 amide bonds. The van der Waals surface area contributed by atoms with Crippen LogP contribution in [-0.4, -0.2) is 9.55 Å². The van der Waals surface area contributed by atoms with Crippen molar-refractivity contribution in [1.29, 1.82) is 5.26 Å². The van der Waals surface area contributed by atoms with Gasteiger partial charge in [-0.3, -0.25) is 0 Å². The molecule has 0 aliphatic carbocycles. The Kier molecular flexibility index (Phi) is 1.71. The highest BCUT2D eigenvalue weighted by Gasteiger charge is 2.08. The highest BCUT2D eigenvalue weighted by atomic mass is 35.5. The summed E-state index contributed by atoms with van der Waals surface area (Å²) in [5.74, 6) is 0. The number of hydrogen-bond acceptors (Lipinski definition) is 2. The van der Waals surface area contributed by atoms with Crippen molar-refractivity contribution in [3.63, 3.8) is 0 Å². The second-order valence-electron chi connectivity index (χ2n) is 2.76. The van der Waals surface area contributed by atoms with Gasteiger partial charge < -0.3 is 4.57 Å². The SMILES string of the molecule is Cn1ccc2c(Cl)ncc(C#N)c21. The molecule has 0 atom stereocenters. The number of nitrogens with zero attached hydrogens (tertiary/aromatic N) is 3. The van der Waals surface area contributed by atoms with E-state index in [1.807, 2.05) is 23.9 Å². The Labute approximate surface area is 80.2 Å². The summed E-state index contributed by atoms with van der Waals surface area (Å²) in [5, 5.41) is 10.1. The van der Waals surface area contributed by atoms with Gasteiger partial charge in [-0.15, -0.1) is 0 Å². The zero-order chi connectivity index (χ0) is 9.42. The van der Waals surface area contributed by atoms with Crippen molar-refractivity contribution in [2.75, 3.05) is 0 Å². The lowest BCUT2D eigenvalue weighted by Gasteiger charge is -1.98. The number of rotatable bonds is 0. The van der Waals surface area contributed by atoms with Crippen LogP contribution in [-0.2, 0) is 7.05 Å². The van der Waals surface area contributed by atoms with E-state index in [0.29, 0.717) is 10.7 Å². The molecule has 0 fully saturated rings. The third-order valence-electron chi connectivity index (χ3n) is 1.98. The Morgan fingerprint density at radius 2 is 2.38 bits per heavy atom. The van der Waals surface area contributed by atoms with Crippen LogP contribution in [0.5, 0.6) is 0 Å². The molecule has 0 unspecified atom stereocenters. The second kappa shape index (κ2) is 2.75. The van der Waals surface area contributed by atoms with E-state index in [2.05, 4.69) is 11.1 Å². The number of nitriles is 1. The van der Waals surface area contributed by atoms with Gasteiger partial charge in [0.2, 0.25) is 0 Å². The monoisotopic (exact) mass is 191 g/mol. The number of aryl methyl sites for hydroxylation is 1. The van der Waals surface area contributed by atoms with E-state index in [1.165, 1.54) is 6.20 Å². The first-order chi connectivity index (χ1) is 6.24. The van der Waals surface area contributed by atoms with E-state index in [1.54, 1.807) is 0 Å². The first kappa shape index (κ1) is 8.09. The van der Waals surface area contributed by atoms with Crippen molar-refractivity contribution in [2.45, 2.75) is 0 Å². The molecule has 0 aliphatic rings. The number of hydrogen-bond donors (Lipinski definition) is 0. The molecule has 0 N–H and O–H groups in total. The van der Waals surface area contributed by atoms with Gasteiger partial charge in [-0.25, -0.2) is 4.98 Å². The van der Waals surface area contributed by atoms with Gasteiger partial charge in [0.15, 0.2) is 0 Å². The predicted molar refractivity (Wildman–Crippen MR) is 50.4 cm³/mol. The molecule has 4 heteroatoms. The van der Waals surface area contributed by atoms with E-state index in [-0.39, 0.29) is 0 Å². The molecule has 0 bridgehead atoms. The van der Waals surface area contributed by atoms with Gasteiger partial charge in [0, 0.05) is 24.8 Å². The van der Waals surface area contributed by atoms with Gasteiger partial charge in [-0.2, -0.15) is 5.26 Å². The maximum absolute atomic E-state index is 8.82. The fraction of sp³-hybridized carbons (Fsp3) is 0.111. The summed E-state index contributed by atoms with van der Waals surface area (Å²) in [6.45, 7) is 0. The third-order valence-corrected chi connectivity index (χ3v) is 2.28. The Morgan fingerprint density at radius 3 is 3.08 bits per heavy atom. The Balaban J connectivity index is 2.99. The number of aromatic nitrogens is 2. The largest absolute Gasteiger partial charge is 0.349 e. The third kappa shape index (κ3) is 1.07. The van der Waals surface area contributed by atoms with E-state index in [0.717, 1.165) is 10.9 Å². The summed E-state index contributed by atoms with van der Waals surface area (Å²) >= 11 is 5.87. The van der Waals surface area contributed by atoms with Crippen molar-refractivity contribution < 1.29 is 0 Å². The summed E-state index contributed by atoms with van der Waals surface area (Å²) in [6.07, 6.45) is 3.35. The Hall–Kier alpha value is -1.53. The molecule has 2 aromatic heterocycles. The van der Waals surface area contributed by atoms with Crippen LogP contribution in [0, 0.1) is 11.3 Å². The minimum Gasteiger partial charge on any atom is -0.349 e. The normalized spacial score (nSPS) is 10.2. The fourth-order valence-electron chi connectivity index (χ4n) is 1.37. The summed E-state index contributed by atoms with van der Waals surface area (Å²) in [7, 11) is 1.87. The number of fused-ring (bicyclic) bond motifs is 1. The summed E-state index contributed by atoms with van der Waals surface area (Å²) < 4.78 is 1.86. The second-order valence-corrected chi connectivity index (χ2v) is 3.12. The molecule has 2 heterocycles. The molecule has 2 rings (SSSR count). The molecule has 64 valence electrons. The molecule has 0 aromatic carbocycles.